The number of ether oxygens (including phenoxy) is 1. The molecule has 0 radical (unpaired) electrons. The highest BCUT2D eigenvalue weighted by Crippen LogP contribution is 2.04. The average molecular weight is 189 g/mol. The molecule has 1 saturated heterocycles. The van der Waals surface area contributed by atoms with Crippen LogP contribution in [-0.4, -0.2) is 25.8 Å². The molecular formula is C12H15NO. The molecule has 2 nitrogen and oxygen atoms in total. The first kappa shape index (κ1) is 9.44. The van der Waals surface area contributed by atoms with Crippen LogP contribution < -0.4 is 5.32 Å². The van der Waals surface area contributed by atoms with Crippen molar-refractivity contribution in [3.05, 3.63) is 42.0 Å². The Morgan fingerprint density at radius 1 is 1.29 bits per heavy atom. The van der Waals surface area contributed by atoms with Crippen LogP contribution in [0.3, 0.4) is 0 Å². The van der Waals surface area contributed by atoms with Gasteiger partial charge in [0.05, 0.1) is 12.7 Å². The molecule has 74 valence electrons. The Balaban J connectivity index is 1.93. The highest BCUT2D eigenvalue weighted by molar-refractivity contribution is 5.49. The summed E-state index contributed by atoms with van der Waals surface area (Å²) in [5.74, 6) is 0. The van der Waals surface area contributed by atoms with Crippen LogP contribution in [0, 0.1) is 0 Å². The quantitative estimate of drug-likeness (QED) is 0.764. The van der Waals surface area contributed by atoms with Crippen molar-refractivity contribution in [1.82, 2.24) is 5.32 Å². The number of nitrogens with one attached hydrogen (secondary N) is 1. The van der Waals surface area contributed by atoms with Gasteiger partial charge >= 0.3 is 0 Å². The summed E-state index contributed by atoms with van der Waals surface area (Å²) in [7, 11) is 0. The van der Waals surface area contributed by atoms with Crippen LogP contribution in [0.15, 0.2) is 36.4 Å². The lowest BCUT2D eigenvalue weighted by Gasteiger charge is -2.20. The number of morpholine rings is 1. The monoisotopic (exact) mass is 189 g/mol. The zero-order chi connectivity index (χ0) is 9.64. The largest absolute Gasteiger partial charge is 0.371 e. The molecule has 0 amide bonds. The maximum atomic E-state index is 5.55. The Bertz CT molecular complexity index is 288. The van der Waals surface area contributed by atoms with E-state index in [1.807, 2.05) is 18.2 Å². The number of benzene rings is 1. The molecule has 1 atom stereocenters. The van der Waals surface area contributed by atoms with Crippen molar-refractivity contribution < 1.29 is 4.74 Å². The fourth-order valence-corrected chi connectivity index (χ4v) is 1.49. The molecule has 14 heavy (non-hydrogen) atoms. The molecular weight excluding hydrogens is 174 g/mol. The normalized spacial score (nSPS) is 22.7. The van der Waals surface area contributed by atoms with E-state index in [1.54, 1.807) is 0 Å². The van der Waals surface area contributed by atoms with Gasteiger partial charge in [-0.25, -0.2) is 0 Å². The van der Waals surface area contributed by atoms with Crippen LogP contribution in [0.2, 0.25) is 0 Å². The standard InChI is InChI=1S/C12H15NO/c1-2-4-11(5-3-1)6-7-12-10-13-8-9-14-12/h1-7,12-13H,8-10H2/b7-6+/t12-/m1/s1. The van der Waals surface area contributed by atoms with Gasteiger partial charge in [-0.15, -0.1) is 0 Å². The van der Waals surface area contributed by atoms with E-state index in [-0.39, 0.29) is 6.10 Å². The Morgan fingerprint density at radius 3 is 2.86 bits per heavy atom. The average Bonchev–Trinajstić information content (AvgIpc) is 2.29. The number of hydrogen-bond acceptors (Lipinski definition) is 2. The van der Waals surface area contributed by atoms with E-state index in [0.29, 0.717) is 0 Å². The molecule has 1 aromatic carbocycles. The van der Waals surface area contributed by atoms with E-state index < -0.39 is 0 Å². The van der Waals surface area contributed by atoms with E-state index in [0.717, 1.165) is 19.7 Å². The summed E-state index contributed by atoms with van der Waals surface area (Å²) in [6, 6.07) is 10.3. The van der Waals surface area contributed by atoms with Crippen molar-refractivity contribution >= 4 is 6.08 Å². The lowest BCUT2D eigenvalue weighted by molar-refractivity contribution is 0.0596. The Kier molecular flexibility index (Phi) is 3.33. The van der Waals surface area contributed by atoms with Crippen molar-refractivity contribution in [1.29, 1.82) is 0 Å². The van der Waals surface area contributed by atoms with Gasteiger partial charge < -0.3 is 10.1 Å². The van der Waals surface area contributed by atoms with Gasteiger partial charge in [0.2, 0.25) is 0 Å². The number of hydrogen-bond donors (Lipinski definition) is 1. The van der Waals surface area contributed by atoms with Crippen LogP contribution >= 0.6 is 0 Å². The highest BCUT2D eigenvalue weighted by atomic mass is 16.5. The van der Waals surface area contributed by atoms with Gasteiger partial charge in [0.1, 0.15) is 0 Å². The summed E-state index contributed by atoms with van der Waals surface area (Å²) in [6.07, 6.45) is 4.45. The van der Waals surface area contributed by atoms with Crippen molar-refractivity contribution in [2.45, 2.75) is 6.10 Å². The molecule has 0 bridgehead atoms. The molecule has 1 aromatic rings. The number of rotatable bonds is 2. The van der Waals surface area contributed by atoms with E-state index in [9.17, 15) is 0 Å². The molecule has 0 unspecified atom stereocenters. The minimum absolute atomic E-state index is 0.226. The minimum Gasteiger partial charge on any atom is -0.371 e. The molecule has 1 aliphatic rings. The third-order valence-electron chi connectivity index (χ3n) is 2.26. The second-order valence-corrected chi connectivity index (χ2v) is 3.38. The van der Waals surface area contributed by atoms with Gasteiger partial charge in [-0.05, 0) is 5.56 Å². The fourth-order valence-electron chi connectivity index (χ4n) is 1.49. The summed E-state index contributed by atoms with van der Waals surface area (Å²) in [6.45, 7) is 2.70. The maximum absolute atomic E-state index is 5.55. The van der Waals surface area contributed by atoms with Gasteiger partial charge in [0.15, 0.2) is 0 Å². The Morgan fingerprint density at radius 2 is 2.14 bits per heavy atom. The smallest absolute Gasteiger partial charge is 0.0884 e. The first-order valence-corrected chi connectivity index (χ1v) is 5.01. The molecule has 0 spiro atoms. The zero-order valence-electron chi connectivity index (χ0n) is 8.15. The summed E-state index contributed by atoms with van der Waals surface area (Å²) in [5.41, 5.74) is 1.22. The highest BCUT2D eigenvalue weighted by Gasteiger charge is 2.08. The predicted octanol–water partition coefficient (Wildman–Crippen LogP) is 1.69. The second-order valence-electron chi connectivity index (χ2n) is 3.38. The fraction of sp³-hybridized carbons (Fsp3) is 0.333. The minimum atomic E-state index is 0.226. The molecule has 1 fully saturated rings. The third-order valence-corrected chi connectivity index (χ3v) is 2.26. The SMILES string of the molecule is C(=C\[C@@H]1CNCCO1)/c1ccccc1. The summed E-state index contributed by atoms with van der Waals surface area (Å²) >= 11 is 0. The van der Waals surface area contributed by atoms with Crippen molar-refractivity contribution in [3.63, 3.8) is 0 Å². The first-order valence-electron chi connectivity index (χ1n) is 5.01. The molecule has 1 N–H and O–H groups in total. The molecule has 1 aliphatic heterocycles. The molecule has 1 heterocycles. The molecule has 2 heteroatoms. The lowest BCUT2D eigenvalue weighted by atomic mass is 10.2. The summed E-state index contributed by atoms with van der Waals surface area (Å²) < 4.78 is 5.55. The second kappa shape index (κ2) is 4.94. The van der Waals surface area contributed by atoms with E-state index in [4.69, 9.17) is 4.74 Å². The van der Waals surface area contributed by atoms with Crippen molar-refractivity contribution in [2.75, 3.05) is 19.7 Å². The molecule has 0 saturated carbocycles. The van der Waals surface area contributed by atoms with Crippen molar-refractivity contribution in [2.24, 2.45) is 0 Å². The third kappa shape index (κ3) is 2.69. The molecule has 0 aromatic heterocycles. The Labute approximate surface area is 84.6 Å². The molecule has 0 aliphatic carbocycles. The van der Waals surface area contributed by atoms with Gasteiger partial charge in [-0.2, -0.15) is 0 Å². The van der Waals surface area contributed by atoms with Crippen molar-refractivity contribution in [3.8, 4) is 0 Å². The predicted molar refractivity (Wildman–Crippen MR) is 58.1 cm³/mol. The van der Waals surface area contributed by atoms with E-state index in [1.165, 1.54) is 5.56 Å². The topological polar surface area (TPSA) is 21.3 Å². The van der Waals surface area contributed by atoms with Crippen LogP contribution in [0.25, 0.3) is 6.08 Å². The maximum Gasteiger partial charge on any atom is 0.0884 e. The first-order chi connectivity index (χ1) is 6.95. The zero-order valence-corrected chi connectivity index (χ0v) is 8.15. The van der Waals surface area contributed by atoms with Gasteiger partial charge in [0, 0.05) is 13.1 Å². The van der Waals surface area contributed by atoms with Gasteiger partial charge in [0.25, 0.3) is 0 Å². The molecule has 2 rings (SSSR count). The van der Waals surface area contributed by atoms with Crippen LogP contribution in [0.4, 0.5) is 0 Å². The summed E-state index contributed by atoms with van der Waals surface area (Å²) in [5, 5.41) is 3.29. The van der Waals surface area contributed by atoms with Crippen LogP contribution in [0.1, 0.15) is 5.56 Å². The van der Waals surface area contributed by atoms with E-state index in [2.05, 4.69) is 29.6 Å². The Hall–Kier alpha value is -1.12. The van der Waals surface area contributed by atoms with Gasteiger partial charge in [-0.1, -0.05) is 42.5 Å². The van der Waals surface area contributed by atoms with Crippen LogP contribution in [-0.2, 0) is 4.74 Å². The van der Waals surface area contributed by atoms with E-state index >= 15 is 0 Å². The van der Waals surface area contributed by atoms with Crippen LogP contribution in [0.5, 0.6) is 0 Å². The van der Waals surface area contributed by atoms with Gasteiger partial charge in [-0.3, -0.25) is 0 Å². The lowest BCUT2D eigenvalue weighted by Crippen LogP contribution is -2.37. The summed E-state index contributed by atoms with van der Waals surface area (Å²) in [4.78, 5) is 0.